The van der Waals surface area contributed by atoms with Gasteiger partial charge in [0.1, 0.15) is 5.75 Å². The highest BCUT2D eigenvalue weighted by Crippen LogP contribution is 2.22. The fourth-order valence-corrected chi connectivity index (χ4v) is 2.24. The zero-order valence-electron chi connectivity index (χ0n) is 14.0. The zero-order chi connectivity index (χ0) is 15.6. The molecule has 0 aliphatic heterocycles. The molecule has 128 valence electrons. The molecule has 0 heterocycles. The lowest BCUT2D eigenvalue weighted by molar-refractivity contribution is 0.200. The average Bonchev–Trinajstić information content (AvgIpc) is 2.50. The summed E-state index contributed by atoms with van der Waals surface area (Å²) in [5.74, 6) is 0.960. The normalized spacial score (nSPS) is 13.3. The minimum Gasteiger partial charge on any atom is -0.493 e. The van der Waals surface area contributed by atoms with Crippen LogP contribution in [0.5, 0.6) is 5.75 Å². The van der Waals surface area contributed by atoms with E-state index in [1.807, 2.05) is 25.1 Å². The van der Waals surface area contributed by atoms with Gasteiger partial charge in [-0.2, -0.15) is 0 Å². The molecule has 1 aromatic carbocycles. The lowest BCUT2D eigenvalue weighted by Gasteiger charge is -2.22. The van der Waals surface area contributed by atoms with Crippen molar-refractivity contribution >= 4 is 12.4 Å². The third-order valence-corrected chi connectivity index (χ3v) is 3.80. The van der Waals surface area contributed by atoms with Crippen molar-refractivity contribution in [2.45, 2.75) is 64.3 Å². The number of halogens is 1. The van der Waals surface area contributed by atoms with Gasteiger partial charge in [-0.05, 0) is 37.8 Å². The standard InChI is InChI=1S/C18H31NO2.ClH/c1-3-4-5-6-9-14-21-17-11-8-7-10-16(17)12-13-18(2,19)15-20;/h7-8,10-11,20H,3-6,9,12-15,19H2,1-2H3;1H. The molecule has 0 aliphatic carbocycles. The van der Waals surface area contributed by atoms with Crippen LogP contribution in [0, 0.1) is 0 Å². The van der Waals surface area contributed by atoms with E-state index in [9.17, 15) is 5.11 Å². The summed E-state index contributed by atoms with van der Waals surface area (Å²) in [5.41, 5.74) is 6.65. The van der Waals surface area contributed by atoms with Crippen LogP contribution in [0.4, 0.5) is 0 Å². The van der Waals surface area contributed by atoms with Crippen molar-refractivity contribution < 1.29 is 9.84 Å². The number of nitrogens with two attached hydrogens (primary N) is 1. The summed E-state index contributed by atoms with van der Waals surface area (Å²) < 4.78 is 5.91. The summed E-state index contributed by atoms with van der Waals surface area (Å²) >= 11 is 0. The smallest absolute Gasteiger partial charge is 0.122 e. The maximum atomic E-state index is 9.23. The monoisotopic (exact) mass is 329 g/mol. The lowest BCUT2D eigenvalue weighted by atomic mass is 9.95. The second-order valence-electron chi connectivity index (χ2n) is 6.18. The van der Waals surface area contributed by atoms with Crippen LogP contribution in [-0.4, -0.2) is 23.9 Å². The van der Waals surface area contributed by atoms with Crippen LogP contribution in [0.15, 0.2) is 24.3 Å². The van der Waals surface area contributed by atoms with Gasteiger partial charge in [0.25, 0.3) is 0 Å². The molecular formula is C18H32ClNO2. The first-order valence-electron chi connectivity index (χ1n) is 8.19. The third kappa shape index (κ3) is 8.62. The van der Waals surface area contributed by atoms with E-state index in [0.717, 1.165) is 31.6 Å². The van der Waals surface area contributed by atoms with E-state index in [2.05, 4.69) is 13.0 Å². The van der Waals surface area contributed by atoms with Crippen molar-refractivity contribution in [1.29, 1.82) is 0 Å². The first-order valence-corrected chi connectivity index (χ1v) is 8.19. The van der Waals surface area contributed by atoms with Gasteiger partial charge >= 0.3 is 0 Å². The summed E-state index contributed by atoms with van der Waals surface area (Å²) in [7, 11) is 0. The molecule has 0 saturated carbocycles. The Morgan fingerprint density at radius 2 is 1.82 bits per heavy atom. The zero-order valence-corrected chi connectivity index (χ0v) is 14.8. The Hall–Kier alpha value is -0.770. The minimum absolute atomic E-state index is 0. The van der Waals surface area contributed by atoms with E-state index in [1.165, 1.54) is 31.2 Å². The van der Waals surface area contributed by atoms with Crippen LogP contribution in [-0.2, 0) is 6.42 Å². The number of benzene rings is 1. The Kier molecular flexibility index (Phi) is 11.3. The number of aliphatic hydroxyl groups is 1. The van der Waals surface area contributed by atoms with Crippen molar-refractivity contribution in [3.63, 3.8) is 0 Å². The molecule has 3 N–H and O–H groups in total. The van der Waals surface area contributed by atoms with Crippen molar-refractivity contribution in [2.75, 3.05) is 13.2 Å². The van der Waals surface area contributed by atoms with Crippen LogP contribution in [0.2, 0.25) is 0 Å². The molecule has 1 rings (SSSR count). The number of hydrogen-bond acceptors (Lipinski definition) is 3. The number of para-hydroxylation sites is 1. The number of ether oxygens (including phenoxy) is 1. The van der Waals surface area contributed by atoms with E-state index in [4.69, 9.17) is 10.5 Å². The van der Waals surface area contributed by atoms with Gasteiger partial charge < -0.3 is 15.6 Å². The predicted octanol–water partition coefficient (Wildman–Crippen LogP) is 4.10. The van der Waals surface area contributed by atoms with Crippen LogP contribution in [0.1, 0.15) is 57.9 Å². The summed E-state index contributed by atoms with van der Waals surface area (Å²) in [6, 6.07) is 8.13. The van der Waals surface area contributed by atoms with E-state index < -0.39 is 5.54 Å². The number of unbranched alkanes of at least 4 members (excludes halogenated alkanes) is 4. The summed E-state index contributed by atoms with van der Waals surface area (Å²) in [6.45, 7) is 4.89. The average molecular weight is 330 g/mol. The second kappa shape index (κ2) is 11.8. The summed E-state index contributed by atoms with van der Waals surface area (Å²) in [5, 5.41) is 9.23. The van der Waals surface area contributed by atoms with Crippen molar-refractivity contribution in [1.82, 2.24) is 0 Å². The Bertz CT molecular complexity index is 396. The molecule has 1 atom stereocenters. The van der Waals surface area contributed by atoms with Gasteiger partial charge in [-0.25, -0.2) is 0 Å². The van der Waals surface area contributed by atoms with Crippen molar-refractivity contribution in [3.05, 3.63) is 29.8 Å². The molecule has 1 unspecified atom stereocenters. The Morgan fingerprint density at radius 3 is 2.50 bits per heavy atom. The first kappa shape index (κ1) is 21.2. The largest absolute Gasteiger partial charge is 0.493 e. The third-order valence-electron chi connectivity index (χ3n) is 3.80. The fourth-order valence-electron chi connectivity index (χ4n) is 2.24. The molecule has 0 amide bonds. The molecule has 4 heteroatoms. The molecule has 0 radical (unpaired) electrons. The van der Waals surface area contributed by atoms with Crippen LogP contribution in [0.25, 0.3) is 0 Å². The van der Waals surface area contributed by atoms with Gasteiger partial charge in [0.05, 0.1) is 13.2 Å². The van der Waals surface area contributed by atoms with Crippen LogP contribution < -0.4 is 10.5 Å². The highest BCUT2D eigenvalue weighted by atomic mass is 35.5. The topological polar surface area (TPSA) is 55.5 Å². The van der Waals surface area contributed by atoms with Gasteiger partial charge in [0.15, 0.2) is 0 Å². The second-order valence-corrected chi connectivity index (χ2v) is 6.18. The van der Waals surface area contributed by atoms with Crippen molar-refractivity contribution in [2.24, 2.45) is 5.73 Å². The molecule has 0 fully saturated rings. The summed E-state index contributed by atoms with van der Waals surface area (Å²) in [6.07, 6.45) is 7.81. The molecule has 0 saturated heterocycles. The first-order chi connectivity index (χ1) is 10.1. The minimum atomic E-state index is -0.521. The fraction of sp³-hybridized carbons (Fsp3) is 0.667. The molecule has 22 heavy (non-hydrogen) atoms. The van der Waals surface area contributed by atoms with Gasteiger partial charge in [-0.3, -0.25) is 0 Å². The number of hydrogen-bond donors (Lipinski definition) is 2. The highest BCUT2D eigenvalue weighted by molar-refractivity contribution is 5.85. The van der Waals surface area contributed by atoms with Crippen LogP contribution >= 0.6 is 12.4 Å². The number of aryl methyl sites for hydroxylation is 1. The predicted molar refractivity (Wildman–Crippen MR) is 95.9 cm³/mol. The highest BCUT2D eigenvalue weighted by Gasteiger charge is 2.17. The number of rotatable bonds is 11. The van der Waals surface area contributed by atoms with E-state index in [1.54, 1.807) is 0 Å². The molecule has 3 nitrogen and oxygen atoms in total. The summed E-state index contributed by atoms with van der Waals surface area (Å²) in [4.78, 5) is 0. The molecule has 1 aromatic rings. The van der Waals surface area contributed by atoms with Gasteiger partial charge in [-0.15, -0.1) is 12.4 Å². The SMILES string of the molecule is CCCCCCCOc1ccccc1CCC(C)(N)CO.Cl. The Morgan fingerprint density at radius 1 is 1.14 bits per heavy atom. The molecule has 0 aromatic heterocycles. The van der Waals surface area contributed by atoms with Gasteiger partial charge in [0, 0.05) is 5.54 Å². The molecule has 0 spiro atoms. The molecule has 0 aliphatic rings. The Labute approximate surface area is 141 Å². The molecule has 0 bridgehead atoms. The lowest BCUT2D eigenvalue weighted by Crippen LogP contribution is -2.40. The quantitative estimate of drug-likeness (QED) is 0.601. The Balaban J connectivity index is 0.00000441. The van der Waals surface area contributed by atoms with E-state index >= 15 is 0 Å². The van der Waals surface area contributed by atoms with Gasteiger partial charge in [0.2, 0.25) is 0 Å². The van der Waals surface area contributed by atoms with Crippen molar-refractivity contribution in [3.8, 4) is 5.75 Å². The van der Waals surface area contributed by atoms with E-state index in [0.29, 0.717) is 0 Å². The van der Waals surface area contributed by atoms with Gasteiger partial charge in [-0.1, -0.05) is 50.8 Å². The molecular weight excluding hydrogens is 298 g/mol. The van der Waals surface area contributed by atoms with Crippen LogP contribution in [0.3, 0.4) is 0 Å². The van der Waals surface area contributed by atoms with E-state index in [-0.39, 0.29) is 19.0 Å². The maximum absolute atomic E-state index is 9.23. The number of aliphatic hydroxyl groups excluding tert-OH is 1. The maximum Gasteiger partial charge on any atom is 0.122 e.